The van der Waals surface area contributed by atoms with Gasteiger partial charge in [-0.25, -0.2) is 0 Å². The minimum atomic E-state index is -2.29. The van der Waals surface area contributed by atoms with Crippen molar-refractivity contribution >= 4 is 28.4 Å². The number of hydrogen-bond donors (Lipinski definition) is 1. The summed E-state index contributed by atoms with van der Waals surface area (Å²) in [5, 5.41) is 3.84. The quantitative estimate of drug-likeness (QED) is 0.835. The van der Waals surface area contributed by atoms with Gasteiger partial charge in [0.1, 0.15) is 0 Å². The lowest BCUT2D eigenvalue weighted by atomic mass is 9.94. The average Bonchev–Trinajstić information content (AvgIpc) is 2.39. The SMILES string of the molecule is CC(C)c1cc(S(=O)[O-])c(Cl)cc1NC1CCCCC1. The molecule has 20 heavy (non-hydrogen) atoms. The zero-order valence-electron chi connectivity index (χ0n) is 11.9. The Kier molecular flexibility index (Phi) is 5.47. The monoisotopic (exact) mass is 314 g/mol. The van der Waals surface area contributed by atoms with Crippen LogP contribution in [0.15, 0.2) is 17.0 Å². The van der Waals surface area contributed by atoms with Crippen molar-refractivity contribution in [2.75, 3.05) is 5.32 Å². The van der Waals surface area contributed by atoms with Gasteiger partial charge in [0, 0.05) is 16.6 Å². The van der Waals surface area contributed by atoms with Gasteiger partial charge in [-0.3, -0.25) is 4.21 Å². The molecular weight excluding hydrogens is 294 g/mol. The standard InChI is InChI=1S/C15H22ClNO2S/c1-10(2)12-8-15(20(18)19)13(16)9-14(12)17-11-6-4-3-5-7-11/h8-11,17H,3-7H2,1-2H3,(H,18,19)/p-1. The molecule has 1 aliphatic carbocycles. The smallest absolute Gasteiger partial charge is 0.0576 e. The second kappa shape index (κ2) is 6.92. The second-order valence-electron chi connectivity index (χ2n) is 5.74. The van der Waals surface area contributed by atoms with Crippen LogP contribution in [0.3, 0.4) is 0 Å². The summed E-state index contributed by atoms with van der Waals surface area (Å²) in [6, 6.07) is 3.93. The van der Waals surface area contributed by atoms with Crippen LogP contribution in [0, 0.1) is 0 Å². The molecular formula is C15H21ClNO2S-. The van der Waals surface area contributed by atoms with E-state index in [0.717, 1.165) is 11.3 Å². The average molecular weight is 315 g/mol. The van der Waals surface area contributed by atoms with Gasteiger partial charge >= 0.3 is 0 Å². The fourth-order valence-electron chi connectivity index (χ4n) is 2.77. The molecule has 1 saturated carbocycles. The largest absolute Gasteiger partial charge is 0.768 e. The summed E-state index contributed by atoms with van der Waals surface area (Å²) in [6.45, 7) is 4.12. The summed E-state index contributed by atoms with van der Waals surface area (Å²) >= 11 is 3.79. The highest BCUT2D eigenvalue weighted by atomic mass is 35.5. The highest BCUT2D eigenvalue weighted by Gasteiger charge is 2.17. The molecule has 0 saturated heterocycles. The summed E-state index contributed by atoms with van der Waals surface area (Å²) in [5.74, 6) is 0.251. The lowest BCUT2D eigenvalue weighted by Gasteiger charge is -2.27. The number of hydrogen-bond acceptors (Lipinski definition) is 3. The predicted octanol–water partition coefficient (Wildman–Crippen LogP) is 4.45. The Hall–Kier alpha value is -0.580. The van der Waals surface area contributed by atoms with E-state index in [1.54, 1.807) is 12.1 Å². The molecule has 5 heteroatoms. The minimum Gasteiger partial charge on any atom is -0.768 e. The van der Waals surface area contributed by atoms with Crippen molar-refractivity contribution in [2.24, 2.45) is 0 Å². The fraction of sp³-hybridized carbons (Fsp3) is 0.600. The van der Waals surface area contributed by atoms with Crippen molar-refractivity contribution in [2.45, 2.75) is 62.8 Å². The molecule has 1 aromatic rings. The van der Waals surface area contributed by atoms with Gasteiger partial charge < -0.3 is 9.87 Å². The van der Waals surface area contributed by atoms with Crippen molar-refractivity contribution in [3.05, 3.63) is 22.7 Å². The van der Waals surface area contributed by atoms with E-state index < -0.39 is 11.1 Å². The number of anilines is 1. The number of benzene rings is 1. The Labute approximate surface area is 128 Å². The zero-order chi connectivity index (χ0) is 14.7. The highest BCUT2D eigenvalue weighted by molar-refractivity contribution is 7.79. The van der Waals surface area contributed by atoms with Crippen LogP contribution in [0.2, 0.25) is 5.02 Å². The van der Waals surface area contributed by atoms with E-state index >= 15 is 0 Å². The first-order chi connectivity index (χ1) is 9.49. The van der Waals surface area contributed by atoms with Crippen molar-refractivity contribution in [1.82, 2.24) is 0 Å². The molecule has 0 heterocycles. The van der Waals surface area contributed by atoms with Gasteiger partial charge in [-0.05, 0) is 47.5 Å². The molecule has 1 atom stereocenters. The Bertz CT molecular complexity index is 499. The van der Waals surface area contributed by atoms with Crippen LogP contribution in [0.5, 0.6) is 0 Å². The Morgan fingerprint density at radius 3 is 2.50 bits per heavy atom. The molecule has 1 fully saturated rings. The van der Waals surface area contributed by atoms with Gasteiger partial charge in [-0.2, -0.15) is 0 Å². The van der Waals surface area contributed by atoms with Crippen LogP contribution in [-0.4, -0.2) is 14.8 Å². The molecule has 0 aromatic heterocycles. The molecule has 1 unspecified atom stereocenters. The summed E-state index contributed by atoms with van der Waals surface area (Å²) in [7, 11) is 0. The third-order valence-corrected chi connectivity index (χ3v) is 4.99. The van der Waals surface area contributed by atoms with E-state index in [1.165, 1.54) is 32.1 Å². The molecule has 0 amide bonds. The fourth-order valence-corrected chi connectivity index (χ4v) is 3.56. The molecule has 0 radical (unpaired) electrons. The minimum absolute atomic E-state index is 0.185. The maximum atomic E-state index is 11.2. The van der Waals surface area contributed by atoms with E-state index in [9.17, 15) is 8.76 Å². The summed E-state index contributed by atoms with van der Waals surface area (Å²) < 4.78 is 22.4. The first-order valence-corrected chi connectivity index (χ1v) is 8.63. The first-order valence-electron chi connectivity index (χ1n) is 7.18. The Balaban J connectivity index is 2.30. The second-order valence-corrected chi connectivity index (χ2v) is 7.06. The van der Waals surface area contributed by atoms with Crippen molar-refractivity contribution in [3.63, 3.8) is 0 Å². The lowest BCUT2D eigenvalue weighted by Crippen LogP contribution is -2.23. The molecule has 0 spiro atoms. The van der Waals surface area contributed by atoms with Crippen LogP contribution in [0.25, 0.3) is 0 Å². The van der Waals surface area contributed by atoms with Gasteiger partial charge in [0.2, 0.25) is 0 Å². The van der Waals surface area contributed by atoms with E-state index in [-0.39, 0.29) is 10.8 Å². The molecule has 1 N–H and O–H groups in total. The third kappa shape index (κ3) is 3.74. The van der Waals surface area contributed by atoms with Crippen molar-refractivity contribution in [1.29, 1.82) is 0 Å². The topological polar surface area (TPSA) is 52.2 Å². The normalized spacial score (nSPS) is 18.2. The maximum Gasteiger partial charge on any atom is 0.0576 e. The zero-order valence-corrected chi connectivity index (χ0v) is 13.5. The van der Waals surface area contributed by atoms with E-state index in [1.807, 2.05) is 0 Å². The molecule has 3 nitrogen and oxygen atoms in total. The molecule has 1 aromatic carbocycles. The van der Waals surface area contributed by atoms with Crippen molar-refractivity contribution in [3.8, 4) is 0 Å². The summed E-state index contributed by atoms with van der Waals surface area (Å²) in [6.07, 6.45) is 6.16. The first kappa shape index (κ1) is 15.8. The number of nitrogens with one attached hydrogen (secondary N) is 1. The predicted molar refractivity (Wildman–Crippen MR) is 83.2 cm³/mol. The van der Waals surface area contributed by atoms with Crippen LogP contribution >= 0.6 is 11.6 Å². The van der Waals surface area contributed by atoms with Crippen molar-refractivity contribution < 1.29 is 8.76 Å². The number of halogens is 1. The molecule has 0 aliphatic heterocycles. The molecule has 1 aliphatic rings. The van der Waals surface area contributed by atoms with Gasteiger partial charge in [0.05, 0.1) is 5.02 Å². The van der Waals surface area contributed by atoms with E-state index in [2.05, 4.69) is 19.2 Å². The van der Waals surface area contributed by atoms with Gasteiger partial charge in [-0.1, -0.05) is 44.7 Å². The van der Waals surface area contributed by atoms with E-state index in [4.69, 9.17) is 11.6 Å². The Morgan fingerprint density at radius 1 is 1.30 bits per heavy atom. The maximum absolute atomic E-state index is 11.2. The third-order valence-electron chi connectivity index (χ3n) is 3.87. The molecule has 2 rings (SSSR count). The highest BCUT2D eigenvalue weighted by Crippen LogP contribution is 2.33. The Morgan fingerprint density at radius 2 is 1.95 bits per heavy atom. The van der Waals surface area contributed by atoms with Crippen LogP contribution in [-0.2, 0) is 11.1 Å². The molecule has 112 valence electrons. The van der Waals surface area contributed by atoms with Gasteiger partial charge in [0.15, 0.2) is 0 Å². The number of rotatable bonds is 4. The van der Waals surface area contributed by atoms with E-state index in [0.29, 0.717) is 11.1 Å². The lowest BCUT2D eigenvalue weighted by molar-refractivity contribution is 0.462. The van der Waals surface area contributed by atoms with Crippen LogP contribution in [0.1, 0.15) is 57.4 Å². The summed E-state index contributed by atoms with van der Waals surface area (Å²) in [4.78, 5) is 0.185. The summed E-state index contributed by atoms with van der Waals surface area (Å²) in [5.41, 5.74) is 1.99. The molecule has 0 bridgehead atoms. The van der Waals surface area contributed by atoms with Crippen LogP contribution in [0.4, 0.5) is 5.69 Å². The van der Waals surface area contributed by atoms with Crippen LogP contribution < -0.4 is 5.32 Å². The van der Waals surface area contributed by atoms with Gasteiger partial charge in [-0.15, -0.1) is 0 Å². The van der Waals surface area contributed by atoms with Gasteiger partial charge in [0.25, 0.3) is 0 Å².